The summed E-state index contributed by atoms with van der Waals surface area (Å²) in [5, 5.41) is 9.41. The van der Waals surface area contributed by atoms with Crippen molar-refractivity contribution in [2.45, 2.75) is 19.8 Å². The third-order valence-electron chi connectivity index (χ3n) is 2.59. The molecule has 19 heavy (non-hydrogen) atoms. The Balaban J connectivity index is 2.45. The van der Waals surface area contributed by atoms with E-state index >= 15 is 0 Å². The lowest BCUT2D eigenvalue weighted by molar-refractivity contribution is 0.450. The summed E-state index contributed by atoms with van der Waals surface area (Å²) >= 11 is 6.07. The van der Waals surface area contributed by atoms with E-state index in [1.54, 1.807) is 24.3 Å². The predicted octanol–water partition coefficient (Wildman–Crippen LogP) is 3.92. The molecule has 5 heteroatoms. The molecule has 96 valence electrons. The van der Waals surface area contributed by atoms with Crippen molar-refractivity contribution in [3.05, 3.63) is 46.9 Å². The molecule has 0 atom stereocenters. The van der Waals surface area contributed by atoms with Gasteiger partial charge in [0.2, 0.25) is 5.88 Å². The van der Waals surface area contributed by atoms with Crippen molar-refractivity contribution in [1.82, 2.24) is 9.97 Å². The Morgan fingerprint density at radius 2 is 2.00 bits per heavy atom. The molecular weight excluding hydrogens is 262 g/mol. The van der Waals surface area contributed by atoms with Crippen LogP contribution in [-0.4, -0.2) is 9.97 Å². The Morgan fingerprint density at radius 3 is 2.68 bits per heavy atom. The molecule has 0 fully saturated rings. The monoisotopic (exact) mass is 273 g/mol. The molecule has 0 aliphatic heterocycles. The van der Waals surface area contributed by atoms with Crippen molar-refractivity contribution >= 4 is 11.6 Å². The van der Waals surface area contributed by atoms with E-state index < -0.39 is 0 Å². The van der Waals surface area contributed by atoms with E-state index in [9.17, 15) is 0 Å². The summed E-state index contributed by atoms with van der Waals surface area (Å²) in [5.74, 6) is 0.970. The van der Waals surface area contributed by atoms with Crippen LogP contribution in [0.5, 0.6) is 11.6 Å². The van der Waals surface area contributed by atoms with E-state index in [0.29, 0.717) is 22.3 Å². The van der Waals surface area contributed by atoms with E-state index in [4.69, 9.17) is 21.6 Å². The molecule has 0 saturated carbocycles. The van der Waals surface area contributed by atoms with Gasteiger partial charge in [0.15, 0.2) is 0 Å². The van der Waals surface area contributed by atoms with Crippen LogP contribution >= 0.6 is 11.6 Å². The van der Waals surface area contributed by atoms with Crippen molar-refractivity contribution in [2.75, 3.05) is 0 Å². The van der Waals surface area contributed by atoms with Gasteiger partial charge in [0.1, 0.15) is 23.3 Å². The summed E-state index contributed by atoms with van der Waals surface area (Å²) in [6.45, 7) is 3.96. The zero-order valence-electron chi connectivity index (χ0n) is 10.6. The van der Waals surface area contributed by atoms with Crippen LogP contribution in [0.4, 0.5) is 0 Å². The molecule has 0 spiro atoms. The molecule has 0 saturated heterocycles. The fraction of sp³-hybridized carbons (Fsp3) is 0.214. The number of rotatable bonds is 3. The molecule has 0 bridgehead atoms. The maximum absolute atomic E-state index is 9.04. The number of halogens is 1. The van der Waals surface area contributed by atoms with E-state index in [1.807, 2.05) is 13.8 Å². The first-order valence-electron chi connectivity index (χ1n) is 5.81. The lowest BCUT2D eigenvalue weighted by Gasteiger charge is -2.13. The molecule has 0 radical (unpaired) electrons. The number of benzene rings is 1. The van der Waals surface area contributed by atoms with Gasteiger partial charge in [-0.25, -0.2) is 9.97 Å². The van der Waals surface area contributed by atoms with E-state index in [-0.39, 0.29) is 5.92 Å². The van der Waals surface area contributed by atoms with E-state index in [2.05, 4.69) is 16.0 Å². The minimum absolute atomic E-state index is 0.123. The fourth-order valence-electron chi connectivity index (χ4n) is 1.68. The van der Waals surface area contributed by atoms with E-state index in [0.717, 1.165) is 5.56 Å². The Hall–Kier alpha value is -2.12. The van der Waals surface area contributed by atoms with Crippen molar-refractivity contribution < 1.29 is 4.74 Å². The average Bonchev–Trinajstić information content (AvgIpc) is 2.39. The molecule has 0 N–H and O–H groups in total. The lowest BCUT2D eigenvalue weighted by atomic mass is 10.1. The largest absolute Gasteiger partial charge is 0.437 e. The van der Waals surface area contributed by atoms with Gasteiger partial charge in [-0.2, -0.15) is 5.26 Å². The highest BCUT2D eigenvalue weighted by Crippen LogP contribution is 2.33. The van der Waals surface area contributed by atoms with Gasteiger partial charge in [0, 0.05) is 0 Å². The van der Waals surface area contributed by atoms with Gasteiger partial charge in [-0.15, -0.1) is 0 Å². The molecular formula is C14H12ClN3O. The Morgan fingerprint density at radius 1 is 1.26 bits per heavy atom. The zero-order chi connectivity index (χ0) is 13.8. The molecule has 1 aromatic heterocycles. The average molecular weight is 274 g/mol. The highest BCUT2D eigenvalue weighted by atomic mass is 35.5. The summed E-state index contributed by atoms with van der Waals surface area (Å²) in [6.07, 6.45) is 1.35. The smallest absolute Gasteiger partial charge is 0.227 e. The summed E-state index contributed by atoms with van der Waals surface area (Å²) in [5.41, 5.74) is 1.18. The number of aromatic nitrogens is 2. The third kappa shape index (κ3) is 2.83. The summed E-state index contributed by atoms with van der Waals surface area (Å²) < 4.78 is 5.72. The number of nitrogens with zero attached hydrogens (tertiary/aromatic N) is 3. The van der Waals surface area contributed by atoms with Crippen LogP contribution in [0.1, 0.15) is 30.9 Å². The molecule has 0 aliphatic rings. The molecule has 2 rings (SSSR count). The van der Waals surface area contributed by atoms with E-state index in [1.165, 1.54) is 6.33 Å². The zero-order valence-corrected chi connectivity index (χ0v) is 11.3. The quantitative estimate of drug-likeness (QED) is 0.795. The molecule has 2 aromatic rings. The standard InChI is InChI=1S/C14H12ClN3O/c1-9(2)12-13(15)17-8-18-14(12)19-11-6-4-3-5-10(11)7-16/h3-6,8-9H,1-2H3. The molecule has 0 aliphatic carbocycles. The highest BCUT2D eigenvalue weighted by Gasteiger charge is 2.16. The third-order valence-corrected chi connectivity index (χ3v) is 2.89. The van der Waals surface area contributed by atoms with Gasteiger partial charge in [-0.1, -0.05) is 37.6 Å². The number of ether oxygens (including phenoxy) is 1. The van der Waals surface area contributed by atoms with Crippen molar-refractivity contribution in [1.29, 1.82) is 5.26 Å². The normalized spacial score (nSPS) is 10.3. The van der Waals surface area contributed by atoms with Crippen molar-refractivity contribution in [3.8, 4) is 17.7 Å². The van der Waals surface area contributed by atoms with Crippen LogP contribution in [0, 0.1) is 11.3 Å². The lowest BCUT2D eigenvalue weighted by Crippen LogP contribution is -2.00. The van der Waals surface area contributed by atoms with Crippen molar-refractivity contribution in [2.24, 2.45) is 0 Å². The van der Waals surface area contributed by atoms with Crippen molar-refractivity contribution in [3.63, 3.8) is 0 Å². The summed E-state index contributed by atoms with van der Waals surface area (Å²) in [4.78, 5) is 8.06. The molecule has 1 heterocycles. The molecule has 1 aromatic carbocycles. The second-order valence-corrected chi connectivity index (χ2v) is 4.61. The molecule has 0 amide bonds. The Bertz CT molecular complexity index is 635. The van der Waals surface area contributed by atoms with Crippen LogP contribution in [0.25, 0.3) is 0 Å². The van der Waals surface area contributed by atoms with Crippen LogP contribution in [0.3, 0.4) is 0 Å². The molecule has 4 nitrogen and oxygen atoms in total. The van der Waals surface area contributed by atoms with Gasteiger partial charge >= 0.3 is 0 Å². The van der Waals surface area contributed by atoms with Gasteiger partial charge in [0.05, 0.1) is 11.1 Å². The number of hydrogen-bond donors (Lipinski definition) is 0. The second-order valence-electron chi connectivity index (χ2n) is 4.25. The maximum Gasteiger partial charge on any atom is 0.227 e. The number of hydrogen-bond acceptors (Lipinski definition) is 4. The maximum atomic E-state index is 9.04. The van der Waals surface area contributed by atoms with Crippen LogP contribution in [-0.2, 0) is 0 Å². The van der Waals surface area contributed by atoms with Crippen LogP contribution in [0.2, 0.25) is 5.15 Å². The number of para-hydroxylation sites is 1. The predicted molar refractivity (Wildman–Crippen MR) is 72.4 cm³/mol. The first-order valence-corrected chi connectivity index (χ1v) is 6.18. The second kappa shape index (κ2) is 5.68. The van der Waals surface area contributed by atoms with Gasteiger partial charge < -0.3 is 4.74 Å². The first kappa shape index (κ1) is 13.3. The fourth-order valence-corrected chi connectivity index (χ4v) is 2.02. The first-order chi connectivity index (χ1) is 9.13. The van der Waals surface area contributed by atoms with Gasteiger partial charge in [-0.3, -0.25) is 0 Å². The summed E-state index contributed by atoms with van der Waals surface area (Å²) in [6, 6.07) is 9.07. The Kier molecular flexibility index (Phi) is 3.98. The minimum atomic E-state index is 0.123. The molecule has 0 unspecified atom stereocenters. The SMILES string of the molecule is CC(C)c1c(Cl)ncnc1Oc1ccccc1C#N. The van der Waals surface area contributed by atoms with Gasteiger partial charge in [0.25, 0.3) is 0 Å². The van der Waals surface area contributed by atoms with Crippen LogP contribution in [0.15, 0.2) is 30.6 Å². The van der Waals surface area contributed by atoms with Gasteiger partial charge in [-0.05, 0) is 18.1 Å². The van der Waals surface area contributed by atoms with Crippen LogP contribution < -0.4 is 4.74 Å². The Labute approximate surface area is 116 Å². The summed E-state index contributed by atoms with van der Waals surface area (Å²) in [7, 11) is 0. The number of nitriles is 1. The topological polar surface area (TPSA) is 58.8 Å². The minimum Gasteiger partial charge on any atom is -0.437 e. The highest BCUT2D eigenvalue weighted by molar-refractivity contribution is 6.30.